The average molecular weight is 303 g/mol. The molecule has 0 heterocycles. The van der Waals surface area contributed by atoms with Crippen LogP contribution < -0.4 is 16.0 Å². The summed E-state index contributed by atoms with van der Waals surface area (Å²) >= 11 is 0. The van der Waals surface area contributed by atoms with E-state index in [0.717, 1.165) is 24.1 Å². The number of carbonyl (C=O) groups is 2. The van der Waals surface area contributed by atoms with Gasteiger partial charge in [-0.15, -0.1) is 0 Å². The smallest absolute Gasteiger partial charge is 0.243 e. The molecule has 2 rings (SSSR count). The molecule has 0 spiro atoms. The minimum absolute atomic E-state index is 0.000871. The number of carbonyl (C=O) groups excluding carboxylic acids is 2. The number of aryl methyl sites for hydroxylation is 1. The Bertz CT molecular complexity index is 510. The first kappa shape index (κ1) is 16.5. The van der Waals surface area contributed by atoms with Gasteiger partial charge in [-0.3, -0.25) is 9.59 Å². The van der Waals surface area contributed by atoms with E-state index >= 15 is 0 Å². The topological polar surface area (TPSA) is 70.2 Å². The van der Waals surface area contributed by atoms with E-state index in [1.54, 1.807) is 0 Å². The summed E-state index contributed by atoms with van der Waals surface area (Å²) in [4.78, 5) is 23.5. The molecule has 120 valence electrons. The number of anilines is 1. The summed E-state index contributed by atoms with van der Waals surface area (Å²) in [6, 6.07) is 8.02. The maximum atomic E-state index is 11.8. The van der Waals surface area contributed by atoms with Gasteiger partial charge in [-0.2, -0.15) is 0 Å². The first-order valence-electron chi connectivity index (χ1n) is 8.00. The molecule has 2 amide bonds. The van der Waals surface area contributed by atoms with E-state index in [1.165, 1.54) is 19.3 Å². The highest BCUT2D eigenvalue weighted by molar-refractivity contribution is 5.94. The summed E-state index contributed by atoms with van der Waals surface area (Å²) in [6.07, 6.45) is 6.04. The fourth-order valence-electron chi connectivity index (χ4n) is 2.71. The highest BCUT2D eigenvalue weighted by atomic mass is 16.2. The highest BCUT2D eigenvalue weighted by Gasteiger charge is 2.14. The fourth-order valence-corrected chi connectivity index (χ4v) is 2.71. The Morgan fingerprint density at radius 2 is 1.86 bits per heavy atom. The first-order chi connectivity index (χ1) is 10.6. The second kappa shape index (κ2) is 8.54. The quantitative estimate of drug-likeness (QED) is 0.752. The van der Waals surface area contributed by atoms with Crippen LogP contribution in [0.3, 0.4) is 0 Å². The number of rotatable bonds is 6. The van der Waals surface area contributed by atoms with Crippen molar-refractivity contribution in [2.45, 2.75) is 45.1 Å². The molecule has 1 aromatic carbocycles. The van der Waals surface area contributed by atoms with Gasteiger partial charge in [-0.1, -0.05) is 31.4 Å². The summed E-state index contributed by atoms with van der Waals surface area (Å²) in [7, 11) is 0. The van der Waals surface area contributed by atoms with Crippen molar-refractivity contribution >= 4 is 17.5 Å². The van der Waals surface area contributed by atoms with E-state index in [4.69, 9.17) is 0 Å². The van der Waals surface area contributed by atoms with Crippen molar-refractivity contribution in [2.24, 2.45) is 0 Å². The zero-order valence-electron chi connectivity index (χ0n) is 13.2. The Labute approximate surface area is 131 Å². The standard InChI is InChI=1S/C17H25N3O2/c1-13-6-5-9-15(10-13)20-17(22)12-19-16(21)11-18-14-7-3-2-4-8-14/h5-6,9-10,14,18H,2-4,7-8,11-12H2,1H3,(H,19,21)(H,20,22). The lowest BCUT2D eigenvalue weighted by atomic mass is 9.95. The minimum Gasteiger partial charge on any atom is -0.346 e. The normalized spacial score (nSPS) is 15.3. The Kier molecular flexibility index (Phi) is 6.40. The van der Waals surface area contributed by atoms with Gasteiger partial charge < -0.3 is 16.0 Å². The molecule has 0 saturated heterocycles. The first-order valence-corrected chi connectivity index (χ1v) is 8.00. The lowest BCUT2D eigenvalue weighted by molar-refractivity contribution is -0.123. The third-order valence-electron chi connectivity index (χ3n) is 3.90. The molecule has 0 aromatic heterocycles. The predicted octanol–water partition coefficient (Wildman–Crippen LogP) is 1.97. The van der Waals surface area contributed by atoms with E-state index in [0.29, 0.717) is 6.04 Å². The van der Waals surface area contributed by atoms with Crippen molar-refractivity contribution in [3.8, 4) is 0 Å². The molecule has 0 aliphatic heterocycles. The van der Waals surface area contributed by atoms with Crippen molar-refractivity contribution in [3.63, 3.8) is 0 Å². The fraction of sp³-hybridized carbons (Fsp3) is 0.529. The second-order valence-corrected chi connectivity index (χ2v) is 5.91. The highest BCUT2D eigenvalue weighted by Crippen LogP contribution is 2.16. The predicted molar refractivity (Wildman–Crippen MR) is 87.7 cm³/mol. The van der Waals surface area contributed by atoms with Crippen LogP contribution in [-0.2, 0) is 9.59 Å². The maximum absolute atomic E-state index is 11.8. The molecule has 1 aliphatic carbocycles. The van der Waals surface area contributed by atoms with Gasteiger partial charge in [0, 0.05) is 11.7 Å². The molecule has 1 fully saturated rings. The summed E-state index contributed by atoms with van der Waals surface area (Å²) in [5.74, 6) is -0.346. The van der Waals surface area contributed by atoms with Crippen LogP contribution in [0.5, 0.6) is 0 Å². The van der Waals surface area contributed by atoms with Crippen molar-refractivity contribution in [1.82, 2.24) is 10.6 Å². The Hall–Kier alpha value is -1.88. The SMILES string of the molecule is Cc1cccc(NC(=O)CNC(=O)CNC2CCCCC2)c1. The van der Waals surface area contributed by atoms with E-state index in [2.05, 4.69) is 16.0 Å². The Balaban J connectivity index is 1.64. The van der Waals surface area contributed by atoms with Crippen LogP contribution in [0.25, 0.3) is 0 Å². The summed E-state index contributed by atoms with van der Waals surface area (Å²) in [5.41, 5.74) is 1.83. The van der Waals surface area contributed by atoms with Crippen molar-refractivity contribution < 1.29 is 9.59 Å². The third-order valence-corrected chi connectivity index (χ3v) is 3.90. The zero-order chi connectivity index (χ0) is 15.8. The van der Waals surface area contributed by atoms with E-state index in [1.807, 2.05) is 31.2 Å². The van der Waals surface area contributed by atoms with Crippen LogP contribution in [0.4, 0.5) is 5.69 Å². The lowest BCUT2D eigenvalue weighted by Crippen LogP contribution is -2.42. The van der Waals surface area contributed by atoms with Crippen molar-refractivity contribution in [2.75, 3.05) is 18.4 Å². The van der Waals surface area contributed by atoms with Crippen LogP contribution in [0, 0.1) is 6.92 Å². The van der Waals surface area contributed by atoms with Gasteiger partial charge in [0.05, 0.1) is 13.1 Å². The number of benzene rings is 1. The van der Waals surface area contributed by atoms with Gasteiger partial charge >= 0.3 is 0 Å². The molecule has 0 radical (unpaired) electrons. The molecule has 0 unspecified atom stereocenters. The van der Waals surface area contributed by atoms with Crippen molar-refractivity contribution in [3.05, 3.63) is 29.8 Å². The molecule has 3 N–H and O–H groups in total. The molecular formula is C17H25N3O2. The lowest BCUT2D eigenvalue weighted by Gasteiger charge is -2.22. The Morgan fingerprint density at radius 1 is 1.09 bits per heavy atom. The van der Waals surface area contributed by atoms with E-state index in [9.17, 15) is 9.59 Å². The number of hydrogen-bond acceptors (Lipinski definition) is 3. The molecule has 0 bridgehead atoms. The maximum Gasteiger partial charge on any atom is 0.243 e. The van der Waals surface area contributed by atoms with Gasteiger partial charge in [-0.25, -0.2) is 0 Å². The van der Waals surface area contributed by atoms with Gasteiger partial charge in [0.1, 0.15) is 0 Å². The van der Waals surface area contributed by atoms with Crippen LogP contribution in [0.2, 0.25) is 0 Å². The molecule has 1 saturated carbocycles. The molecular weight excluding hydrogens is 278 g/mol. The number of hydrogen-bond donors (Lipinski definition) is 3. The van der Waals surface area contributed by atoms with E-state index in [-0.39, 0.29) is 24.9 Å². The molecule has 1 aliphatic rings. The molecule has 5 heteroatoms. The summed E-state index contributed by atoms with van der Waals surface area (Å²) in [6.45, 7) is 2.25. The average Bonchev–Trinajstić information content (AvgIpc) is 2.52. The van der Waals surface area contributed by atoms with E-state index < -0.39 is 0 Å². The molecule has 1 aromatic rings. The third kappa shape index (κ3) is 5.85. The number of amides is 2. The van der Waals surface area contributed by atoms with Crippen molar-refractivity contribution in [1.29, 1.82) is 0 Å². The molecule has 22 heavy (non-hydrogen) atoms. The van der Waals surface area contributed by atoms with Crippen LogP contribution in [-0.4, -0.2) is 30.9 Å². The van der Waals surface area contributed by atoms with Gasteiger partial charge in [0.15, 0.2) is 0 Å². The van der Waals surface area contributed by atoms with Crippen LogP contribution in [0.15, 0.2) is 24.3 Å². The monoisotopic (exact) mass is 303 g/mol. The molecule has 0 atom stereocenters. The molecule has 5 nitrogen and oxygen atoms in total. The zero-order valence-corrected chi connectivity index (χ0v) is 13.2. The summed E-state index contributed by atoms with van der Waals surface area (Å²) < 4.78 is 0. The summed E-state index contributed by atoms with van der Waals surface area (Å²) in [5, 5.41) is 8.67. The number of nitrogens with one attached hydrogen (secondary N) is 3. The van der Waals surface area contributed by atoms with Gasteiger partial charge in [0.2, 0.25) is 11.8 Å². The van der Waals surface area contributed by atoms with Gasteiger partial charge in [0.25, 0.3) is 0 Å². The van der Waals surface area contributed by atoms with Crippen LogP contribution >= 0.6 is 0 Å². The minimum atomic E-state index is -0.211. The Morgan fingerprint density at radius 3 is 2.59 bits per heavy atom. The van der Waals surface area contributed by atoms with Gasteiger partial charge in [-0.05, 0) is 37.5 Å². The van der Waals surface area contributed by atoms with Crippen LogP contribution in [0.1, 0.15) is 37.7 Å². The second-order valence-electron chi connectivity index (χ2n) is 5.91. The largest absolute Gasteiger partial charge is 0.346 e.